The Hall–Kier alpha value is -0.450. The van der Waals surface area contributed by atoms with Crippen molar-refractivity contribution < 1.29 is 8.42 Å². The van der Waals surface area contributed by atoms with Crippen molar-refractivity contribution in [1.29, 1.82) is 0 Å². The smallest absolute Gasteiger partial charge is 0.180 e. The molecule has 0 aromatic heterocycles. The molecule has 0 aliphatic carbocycles. The minimum atomic E-state index is -3.18. The zero-order valence-corrected chi connectivity index (χ0v) is 10.8. The molecule has 0 fully saturated rings. The van der Waals surface area contributed by atoms with Gasteiger partial charge < -0.3 is 5.32 Å². The van der Waals surface area contributed by atoms with E-state index in [1.807, 2.05) is 0 Å². The van der Waals surface area contributed by atoms with Gasteiger partial charge in [0.2, 0.25) is 0 Å². The summed E-state index contributed by atoms with van der Waals surface area (Å²) in [5, 5.41) is 3.33. The van der Waals surface area contributed by atoms with Gasteiger partial charge >= 0.3 is 0 Å². The predicted octanol–water partition coefficient (Wildman–Crippen LogP) is 2.60. The first-order valence-electron chi connectivity index (χ1n) is 4.21. The minimum Gasteiger partial charge on any atom is -0.387 e. The van der Waals surface area contributed by atoms with Gasteiger partial charge in [0.15, 0.2) is 9.84 Å². The summed E-state index contributed by atoms with van der Waals surface area (Å²) in [5.41, 5.74) is 0.541. The van der Waals surface area contributed by atoms with Crippen molar-refractivity contribution in [1.82, 2.24) is 0 Å². The maximum atomic E-state index is 11.6. The molecule has 15 heavy (non-hydrogen) atoms. The van der Waals surface area contributed by atoms with Crippen LogP contribution in [0.5, 0.6) is 0 Å². The van der Waals surface area contributed by atoms with Crippen molar-refractivity contribution in [2.45, 2.75) is 11.8 Å². The number of rotatable bonds is 3. The van der Waals surface area contributed by atoms with Crippen LogP contribution in [0.3, 0.4) is 0 Å². The van der Waals surface area contributed by atoms with Gasteiger partial charge in [-0.15, -0.1) is 12.4 Å². The van der Waals surface area contributed by atoms with Crippen molar-refractivity contribution in [2.75, 3.05) is 18.1 Å². The first-order valence-corrected chi connectivity index (χ1v) is 6.24. The van der Waals surface area contributed by atoms with Crippen molar-refractivity contribution in [2.24, 2.45) is 0 Å². The largest absolute Gasteiger partial charge is 0.387 e. The first kappa shape index (κ1) is 14.6. The molecule has 0 aliphatic heterocycles. The molecule has 1 aromatic rings. The van der Waals surface area contributed by atoms with E-state index < -0.39 is 9.84 Å². The summed E-state index contributed by atoms with van der Waals surface area (Å²) < 4.78 is 23.2. The van der Waals surface area contributed by atoms with E-state index in [-0.39, 0.29) is 18.2 Å². The van der Waals surface area contributed by atoms with Gasteiger partial charge in [0, 0.05) is 12.1 Å². The number of nitrogens with one attached hydrogen (secondary N) is 1. The Morgan fingerprint density at radius 1 is 1.40 bits per heavy atom. The number of anilines is 1. The summed E-state index contributed by atoms with van der Waals surface area (Å²) in [6.07, 6.45) is 0. The van der Waals surface area contributed by atoms with Crippen molar-refractivity contribution in [3.05, 3.63) is 23.2 Å². The molecule has 0 spiro atoms. The Morgan fingerprint density at radius 3 is 2.47 bits per heavy atom. The van der Waals surface area contributed by atoms with Crippen LogP contribution in [0.4, 0.5) is 5.69 Å². The van der Waals surface area contributed by atoms with E-state index in [1.165, 1.54) is 6.07 Å². The van der Waals surface area contributed by atoms with Crippen LogP contribution < -0.4 is 5.32 Å². The highest BCUT2D eigenvalue weighted by atomic mass is 35.5. The van der Waals surface area contributed by atoms with E-state index in [4.69, 9.17) is 11.6 Å². The fourth-order valence-electron chi connectivity index (χ4n) is 1.12. The molecule has 0 bridgehead atoms. The number of hydrogen-bond acceptors (Lipinski definition) is 3. The molecular weight excluding hydrogens is 257 g/mol. The quantitative estimate of drug-likeness (QED) is 0.918. The Bertz CT molecular complexity index is 432. The van der Waals surface area contributed by atoms with Gasteiger partial charge in [0.1, 0.15) is 0 Å². The van der Waals surface area contributed by atoms with Crippen LogP contribution in [-0.4, -0.2) is 21.2 Å². The summed E-state index contributed by atoms with van der Waals surface area (Å²) in [6.45, 7) is 1.61. The summed E-state index contributed by atoms with van der Waals surface area (Å²) >= 11 is 5.75. The average molecular weight is 270 g/mol. The van der Waals surface area contributed by atoms with Crippen molar-refractivity contribution in [3.8, 4) is 0 Å². The maximum absolute atomic E-state index is 11.6. The summed E-state index contributed by atoms with van der Waals surface area (Å²) in [7, 11) is -1.51. The van der Waals surface area contributed by atoms with Crippen LogP contribution >= 0.6 is 24.0 Å². The lowest BCUT2D eigenvalue weighted by Crippen LogP contribution is -2.06. The van der Waals surface area contributed by atoms with E-state index in [1.54, 1.807) is 26.1 Å². The van der Waals surface area contributed by atoms with Gasteiger partial charge in [-0.2, -0.15) is 0 Å². The van der Waals surface area contributed by atoms with Crippen LogP contribution in [0, 0.1) is 0 Å². The molecule has 0 aliphatic rings. The number of halogens is 2. The van der Waals surface area contributed by atoms with Crippen LogP contribution in [-0.2, 0) is 9.84 Å². The average Bonchev–Trinajstić information content (AvgIpc) is 2.17. The Balaban J connectivity index is 0.00000196. The summed E-state index contributed by atoms with van der Waals surface area (Å²) in [4.78, 5) is 0.298. The minimum absolute atomic E-state index is 0. The summed E-state index contributed by atoms with van der Waals surface area (Å²) in [5.74, 6) is 0.0866. The molecule has 1 rings (SSSR count). The highest BCUT2D eigenvalue weighted by Gasteiger charge is 2.15. The van der Waals surface area contributed by atoms with Gasteiger partial charge in [0.05, 0.1) is 16.3 Å². The fourth-order valence-corrected chi connectivity index (χ4v) is 2.38. The molecule has 0 amide bonds. The lowest BCUT2D eigenvalue weighted by molar-refractivity contribution is 0.597. The van der Waals surface area contributed by atoms with E-state index >= 15 is 0 Å². The van der Waals surface area contributed by atoms with Crippen LogP contribution in [0.15, 0.2) is 23.1 Å². The second-order valence-electron chi connectivity index (χ2n) is 2.79. The van der Waals surface area contributed by atoms with Gasteiger partial charge in [-0.1, -0.05) is 18.5 Å². The van der Waals surface area contributed by atoms with Gasteiger partial charge in [0.25, 0.3) is 0 Å². The summed E-state index contributed by atoms with van der Waals surface area (Å²) in [6, 6.07) is 4.70. The fraction of sp³-hybridized carbons (Fsp3) is 0.333. The highest BCUT2D eigenvalue weighted by molar-refractivity contribution is 7.91. The van der Waals surface area contributed by atoms with Crippen LogP contribution in [0.1, 0.15) is 6.92 Å². The SMILES string of the molecule is CCS(=O)(=O)c1ccc(Cl)cc1NC.Cl. The Morgan fingerprint density at radius 2 is 2.00 bits per heavy atom. The Kier molecular flexibility index (Phi) is 5.42. The third-order valence-electron chi connectivity index (χ3n) is 1.93. The van der Waals surface area contributed by atoms with Gasteiger partial charge in [-0.05, 0) is 18.2 Å². The molecule has 1 N–H and O–H groups in total. The van der Waals surface area contributed by atoms with Crippen molar-refractivity contribution in [3.63, 3.8) is 0 Å². The monoisotopic (exact) mass is 269 g/mol. The molecule has 3 nitrogen and oxygen atoms in total. The molecule has 0 unspecified atom stereocenters. The first-order chi connectivity index (χ1) is 6.51. The van der Waals surface area contributed by atoms with Crippen molar-refractivity contribution >= 4 is 39.5 Å². The molecule has 1 aromatic carbocycles. The van der Waals surface area contributed by atoms with E-state index in [0.717, 1.165) is 0 Å². The third-order valence-corrected chi connectivity index (χ3v) is 3.95. The predicted molar refractivity (Wildman–Crippen MR) is 66.0 cm³/mol. The molecule has 6 heteroatoms. The zero-order valence-electron chi connectivity index (χ0n) is 8.45. The molecule has 86 valence electrons. The number of hydrogen-bond donors (Lipinski definition) is 1. The van der Waals surface area contributed by atoms with Crippen LogP contribution in [0.25, 0.3) is 0 Å². The normalized spacial score (nSPS) is 10.6. The van der Waals surface area contributed by atoms with Gasteiger partial charge in [-0.3, -0.25) is 0 Å². The Labute approximate surface area is 101 Å². The second kappa shape index (κ2) is 5.58. The molecule has 0 saturated heterocycles. The lowest BCUT2D eigenvalue weighted by Gasteiger charge is -2.08. The highest BCUT2D eigenvalue weighted by Crippen LogP contribution is 2.25. The molecule has 0 radical (unpaired) electrons. The van der Waals surface area contributed by atoms with Crippen LogP contribution in [0.2, 0.25) is 5.02 Å². The molecular formula is C9H13Cl2NO2S. The maximum Gasteiger partial charge on any atom is 0.180 e. The second-order valence-corrected chi connectivity index (χ2v) is 5.48. The third kappa shape index (κ3) is 3.26. The standard InChI is InChI=1S/C9H12ClNO2S.ClH/c1-3-14(12,13)9-5-4-7(10)6-8(9)11-2;/h4-6,11H,3H2,1-2H3;1H. The molecule has 0 saturated carbocycles. The molecule has 0 atom stereocenters. The number of sulfone groups is 1. The zero-order chi connectivity index (χ0) is 10.8. The van der Waals surface area contributed by atoms with Gasteiger partial charge in [-0.25, -0.2) is 8.42 Å². The van der Waals surface area contributed by atoms with E-state index in [0.29, 0.717) is 15.6 Å². The van der Waals surface area contributed by atoms with E-state index in [9.17, 15) is 8.42 Å². The molecule has 0 heterocycles. The number of benzene rings is 1. The van der Waals surface area contributed by atoms with E-state index in [2.05, 4.69) is 5.32 Å². The topological polar surface area (TPSA) is 46.2 Å². The lowest BCUT2D eigenvalue weighted by atomic mass is 10.3.